The maximum absolute atomic E-state index is 11.7. The van der Waals surface area contributed by atoms with Gasteiger partial charge in [-0.3, -0.25) is 9.78 Å². The summed E-state index contributed by atoms with van der Waals surface area (Å²) in [6.07, 6.45) is 10.5. The Morgan fingerprint density at radius 2 is 2.26 bits per heavy atom. The molecule has 0 aliphatic rings. The van der Waals surface area contributed by atoms with Gasteiger partial charge in [-0.05, 0) is 24.5 Å². The van der Waals surface area contributed by atoms with E-state index in [1.807, 2.05) is 6.08 Å². The Morgan fingerprint density at radius 3 is 2.84 bits per heavy atom. The molecule has 1 N–H and O–H groups in total. The van der Waals surface area contributed by atoms with Gasteiger partial charge < -0.3 is 5.32 Å². The molecule has 0 radical (unpaired) electrons. The van der Waals surface area contributed by atoms with Crippen molar-refractivity contribution in [2.45, 2.75) is 27.2 Å². The van der Waals surface area contributed by atoms with Gasteiger partial charge in [-0.2, -0.15) is 0 Å². The van der Waals surface area contributed by atoms with Crippen LogP contribution in [0, 0.1) is 5.92 Å². The van der Waals surface area contributed by atoms with Crippen LogP contribution in [-0.4, -0.2) is 17.4 Å². The maximum Gasteiger partial charge on any atom is 0.253 e. The minimum atomic E-state index is -0.0939. The molecule has 0 aromatic carbocycles. The maximum atomic E-state index is 11.7. The van der Waals surface area contributed by atoms with Gasteiger partial charge >= 0.3 is 0 Å². The molecule has 0 saturated heterocycles. The predicted molar refractivity (Wildman–Crippen MR) is 78.9 cm³/mol. The molecular formula is C16H22N2O. The predicted octanol–water partition coefficient (Wildman–Crippen LogP) is 3.36. The minimum absolute atomic E-state index is 0.0939. The van der Waals surface area contributed by atoms with E-state index in [1.165, 1.54) is 5.57 Å². The summed E-state index contributed by atoms with van der Waals surface area (Å²) < 4.78 is 0. The van der Waals surface area contributed by atoms with Gasteiger partial charge in [0.15, 0.2) is 0 Å². The monoisotopic (exact) mass is 258 g/mol. The third-order valence-electron chi connectivity index (χ3n) is 2.59. The van der Waals surface area contributed by atoms with E-state index in [1.54, 1.807) is 24.5 Å². The molecule has 0 aliphatic carbocycles. The molecule has 0 atom stereocenters. The van der Waals surface area contributed by atoms with E-state index in [-0.39, 0.29) is 5.91 Å². The Labute approximate surface area is 115 Å². The van der Waals surface area contributed by atoms with Crippen molar-refractivity contribution in [2.24, 2.45) is 5.92 Å². The summed E-state index contributed by atoms with van der Waals surface area (Å²) in [7, 11) is 0. The van der Waals surface area contributed by atoms with Crippen LogP contribution in [0.25, 0.3) is 0 Å². The smallest absolute Gasteiger partial charge is 0.253 e. The fourth-order valence-electron chi connectivity index (χ4n) is 1.68. The lowest BCUT2D eigenvalue weighted by Crippen LogP contribution is -2.23. The molecular weight excluding hydrogens is 236 g/mol. The number of nitrogens with zero attached hydrogens (tertiary/aromatic N) is 1. The second-order valence-electron chi connectivity index (χ2n) is 4.69. The lowest BCUT2D eigenvalue weighted by molar-refractivity contribution is 0.0957. The Morgan fingerprint density at radius 1 is 1.47 bits per heavy atom. The number of aromatic nitrogens is 1. The first kappa shape index (κ1) is 15.2. The minimum Gasteiger partial charge on any atom is -0.349 e. The largest absolute Gasteiger partial charge is 0.349 e. The topological polar surface area (TPSA) is 42.0 Å². The molecule has 1 aromatic heterocycles. The van der Waals surface area contributed by atoms with Crippen LogP contribution in [0.3, 0.4) is 0 Å². The lowest BCUT2D eigenvalue weighted by Gasteiger charge is -2.03. The van der Waals surface area contributed by atoms with Crippen molar-refractivity contribution in [1.29, 1.82) is 0 Å². The molecule has 0 bridgehead atoms. The molecule has 1 aromatic rings. The van der Waals surface area contributed by atoms with Crippen LogP contribution in [0.2, 0.25) is 0 Å². The van der Waals surface area contributed by atoms with Crippen molar-refractivity contribution in [1.82, 2.24) is 10.3 Å². The third kappa shape index (κ3) is 6.00. The number of carbonyl (C=O) groups is 1. The van der Waals surface area contributed by atoms with E-state index < -0.39 is 0 Å². The SMILES string of the molecule is CCC(/C=C/CNC(=O)c1cccnc1)=C\C(C)C. The number of nitrogens with one attached hydrogen (secondary N) is 1. The van der Waals surface area contributed by atoms with Gasteiger partial charge in [0.1, 0.15) is 0 Å². The van der Waals surface area contributed by atoms with Gasteiger partial charge in [-0.15, -0.1) is 0 Å². The van der Waals surface area contributed by atoms with E-state index in [0.717, 1.165) is 6.42 Å². The standard InChI is InChI=1S/C16H22N2O/c1-4-14(11-13(2)3)7-5-10-18-16(19)15-8-6-9-17-12-15/h5-9,11-13H,4,10H2,1-3H3,(H,18,19)/b7-5+,14-11+. The van der Waals surface area contributed by atoms with Crippen LogP contribution in [0.15, 0.2) is 48.3 Å². The van der Waals surface area contributed by atoms with Gasteiger partial charge in [0.25, 0.3) is 5.91 Å². The fourth-order valence-corrected chi connectivity index (χ4v) is 1.68. The highest BCUT2D eigenvalue weighted by atomic mass is 16.1. The van der Waals surface area contributed by atoms with E-state index in [4.69, 9.17) is 0 Å². The van der Waals surface area contributed by atoms with Gasteiger partial charge in [-0.1, -0.05) is 44.6 Å². The summed E-state index contributed by atoms with van der Waals surface area (Å²) in [4.78, 5) is 15.7. The first-order valence-corrected chi connectivity index (χ1v) is 6.69. The van der Waals surface area contributed by atoms with Crippen LogP contribution in [0.1, 0.15) is 37.6 Å². The van der Waals surface area contributed by atoms with Crippen molar-refractivity contribution < 1.29 is 4.79 Å². The Hall–Kier alpha value is -1.90. The van der Waals surface area contributed by atoms with Crippen LogP contribution in [0.4, 0.5) is 0 Å². The molecule has 19 heavy (non-hydrogen) atoms. The van der Waals surface area contributed by atoms with Crippen molar-refractivity contribution in [3.63, 3.8) is 0 Å². The molecule has 0 fully saturated rings. The number of amides is 1. The summed E-state index contributed by atoms with van der Waals surface area (Å²) >= 11 is 0. The summed E-state index contributed by atoms with van der Waals surface area (Å²) in [6, 6.07) is 3.51. The summed E-state index contributed by atoms with van der Waals surface area (Å²) in [6.45, 7) is 6.98. The van der Waals surface area contributed by atoms with Gasteiger partial charge in [0.2, 0.25) is 0 Å². The zero-order valence-corrected chi connectivity index (χ0v) is 11.9. The van der Waals surface area contributed by atoms with E-state index in [0.29, 0.717) is 18.0 Å². The molecule has 0 spiro atoms. The Bertz CT molecular complexity index is 447. The number of rotatable bonds is 6. The Balaban J connectivity index is 2.44. The van der Waals surface area contributed by atoms with E-state index in [2.05, 4.69) is 43.2 Å². The van der Waals surface area contributed by atoms with Crippen molar-refractivity contribution in [3.05, 3.63) is 53.9 Å². The normalized spacial score (nSPS) is 12.1. The van der Waals surface area contributed by atoms with Crippen molar-refractivity contribution in [3.8, 4) is 0 Å². The van der Waals surface area contributed by atoms with Crippen LogP contribution in [-0.2, 0) is 0 Å². The highest BCUT2D eigenvalue weighted by Crippen LogP contribution is 2.07. The Kier molecular flexibility index (Phi) is 6.58. The molecule has 1 heterocycles. The summed E-state index contributed by atoms with van der Waals surface area (Å²) in [5.74, 6) is 0.452. The van der Waals surface area contributed by atoms with Crippen LogP contribution in [0.5, 0.6) is 0 Å². The number of allylic oxidation sites excluding steroid dienone is 3. The van der Waals surface area contributed by atoms with Crippen LogP contribution >= 0.6 is 0 Å². The molecule has 0 aliphatic heterocycles. The quantitative estimate of drug-likeness (QED) is 0.795. The molecule has 102 valence electrons. The summed E-state index contributed by atoms with van der Waals surface area (Å²) in [5, 5.41) is 2.84. The molecule has 3 heteroatoms. The third-order valence-corrected chi connectivity index (χ3v) is 2.59. The van der Waals surface area contributed by atoms with Crippen molar-refractivity contribution in [2.75, 3.05) is 6.54 Å². The second kappa shape index (κ2) is 8.25. The first-order chi connectivity index (χ1) is 9.13. The molecule has 0 saturated carbocycles. The highest BCUT2D eigenvalue weighted by Gasteiger charge is 2.02. The average Bonchev–Trinajstić information content (AvgIpc) is 2.42. The molecule has 0 unspecified atom stereocenters. The number of hydrogen-bond donors (Lipinski definition) is 1. The zero-order valence-electron chi connectivity index (χ0n) is 11.9. The number of hydrogen-bond acceptors (Lipinski definition) is 2. The second-order valence-corrected chi connectivity index (χ2v) is 4.69. The van der Waals surface area contributed by atoms with E-state index >= 15 is 0 Å². The zero-order chi connectivity index (χ0) is 14.1. The molecule has 1 rings (SSSR count). The van der Waals surface area contributed by atoms with Crippen molar-refractivity contribution >= 4 is 5.91 Å². The molecule has 1 amide bonds. The first-order valence-electron chi connectivity index (χ1n) is 6.69. The van der Waals surface area contributed by atoms with E-state index in [9.17, 15) is 4.79 Å². The molecule has 3 nitrogen and oxygen atoms in total. The van der Waals surface area contributed by atoms with Gasteiger partial charge in [-0.25, -0.2) is 0 Å². The number of pyridine rings is 1. The number of carbonyl (C=O) groups excluding carboxylic acids is 1. The van der Waals surface area contributed by atoms with Gasteiger partial charge in [0, 0.05) is 18.9 Å². The summed E-state index contributed by atoms with van der Waals surface area (Å²) in [5.41, 5.74) is 1.88. The highest BCUT2D eigenvalue weighted by molar-refractivity contribution is 5.93. The lowest BCUT2D eigenvalue weighted by atomic mass is 10.1. The van der Waals surface area contributed by atoms with Gasteiger partial charge in [0.05, 0.1) is 5.56 Å². The average molecular weight is 258 g/mol. The van der Waals surface area contributed by atoms with Crippen LogP contribution < -0.4 is 5.32 Å². The fraction of sp³-hybridized carbons (Fsp3) is 0.375.